The van der Waals surface area contributed by atoms with Gasteiger partial charge in [-0.05, 0) is 120 Å². The summed E-state index contributed by atoms with van der Waals surface area (Å²) in [6, 6.07) is 72.2. The molecule has 0 radical (unpaired) electrons. The Hall–Kier alpha value is -6.70. The smallest absolute Gasteiger partial charge is 0.0543 e. The van der Waals surface area contributed by atoms with Crippen LogP contribution in [0.1, 0.15) is 72.6 Å². The molecular formula is C57H45N. The van der Waals surface area contributed by atoms with Crippen molar-refractivity contribution in [3.05, 3.63) is 233 Å². The molecule has 0 amide bonds. The summed E-state index contributed by atoms with van der Waals surface area (Å²) in [5.74, 6) is 0.111. The molecule has 0 heterocycles. The van der Waals surface area contributed by atoms with Gasteiger partial charge in [0, 0.05) is 33.5 Å². The lowest BCUT2D eigenvalue weighted by Crippen LogP contribution is -2.18. The summed E-state index contributed by atoms with van der Waals surface area (Å²) >= 11 is 0. The first-order chi connectivity index (χ1) is 28.3. The van der Waals surface area contributed by atoms with Gasteiger partial charge >= 0.3 is 0 Å². The number of hydrogen-bond acceptors (Lipinski definition) is 1. The number of benzene rings is 9. The average Bonchev–Trinajstić information content (AvgIpc) is 3.63. The SMILES string of the molecule is CC1(C)c2cc3c(cc2-c2c1cc(C(c1ccccc1)c1ccccc1)c1ccccc21)C(C)(C)c1cc(N(c2ccccc2)c2ccccc2)c2ccccc2c1-3. The topological polar surface area (TPSA) is 3.24 Å². The summed E-state index contributed by atoms with van der Waals surface area (Å²) in [6.45, 7) is 9.76. The molecule has 0 unspecified atom stereocenters. The fraction of sp³-hybridized carbons (Fsp3) is 0.123. The van der Waals surface area contributed by atoms with Crippen molar-refractivity contribution in [2.24, 2.45) is 0 Å². The van der Waals surface area contributed by atoms with Crippen molar-refractivity contribution < 1.29 is 0 Å². The molecule has 0 fully saturated rings. The van der Waals surface area contributed by atoms with Gasteiger partial charge in [-0.15, -0.1) is 0 Å². The molecule has 58 heavy (non-hydrogen) atoms. The lowest BCUT2D eigenvalue weighted by atomic mass is 9.77. The van der Waals surface area contributed by atoms with E-state index in [0.717, 1.165) is 11.4 Å². The summed E-state index contributed by atoms with van der Waals surface area (Å²) in [7, 11) is 0. The van der Waals surface area contributed by atoms with E-state index in [-0.39, 0.29) is 16.7 Å². The third-order valence-electron chi connectivity index (χ3n) is 13.3. The van der Waals surface area contributed by atoms with E-state index in [4.69, 9.17) is 0 Å². The Morgan fingerprint density at radius 2 is 0.741 bits per heavy atom. The Labute approximate surface area is 341 Å². The molecule has 0 aromatic heterocycles. The number of nitrogens with zero attached hydrogens (tertiary/aromatic N) is 1. The standard InChI is InChI=1S/C57H45N/c1-56(2)48-35-47-49(34-46(48)54-43-31-19-17-29-41(43)45(33-50(54)56)53(37-21-9-5-10-22-37)38-23-11-6-12-24-38)57(3,4)51-36-52(42-30-18-20-32-44(42)55(47)51)58(39-25-13-7-14-26-39)40-27-15-8-16-28-40/h5-36,53H,1-4H3. The molecule has 2 aliphatic carbocycles. The van der Waals surface area contributed by atoms with E-state index in [1.165, 1.54) is 88.4 Å². The normalized spacial score (nSPS) is 14.3. The van der Waals surface area contributed by atoms with Crippen molar-refractivity contribution in [1.29, 1.82) is 0 Å². The largest absolute Gasteiger partial charge is 0.310 e. The Balaban J connectivity index is 1.15. The minimum Gasteiger partial charge on any atom is -0.310 e. The molecule has 11 rings (SSSR count). The Bertz CT molecular complexity index is 2740. The van der Waals surface area contributed by atoms with Gasteiger partial charge in [0.2, 0.25) is 0 Å². The van der Waals surface area contributed by atoms with Gasteiger partial charge in [-0.3, -0.25) is 0 Å². The molecule has 0 saturated carbocycles. The minimum absolute atomic E-state index is 0.111. The highest BCUT2D eigenvalue weighted by Gasteiger charge is 2.44. The number of fused-ring (bicyclic) bond motifs is 10. The van der Waals surface area contributed by atoms with Gasteiger partial charge < -0.3 is 4.90 Å². The monoisotopic (exact) mass is 743 g/mol. The first-order valence-electron chi connectivity index (χ1n) is 20.6. The van der Waals surface area contributed by atoms with Crippen LogP contribution in [0.3, 0.4) is 0 Å². The second-order valence-electron chi connectivity index (χ2n) is 17.3. The highest BCUT2D eigenvalue weighted by Crippen LogP contribution is 2.60. The minimum atomic E-state index is -0.230. The summed E-state index contributed by atoms with van der Waals surface area (Å²) < 4.78 is 0. The second kappa shape index (κ2) is 12.9. The molecule has 0 N–H and O–H groups in total. The van der Waals surface area contributed by atoms with Crippen LogP contribution in [0.15, 0.2) is 194 Å². The molecular weight excluding hydrogens is 699 g/mol. The van der Waals surface area contributed by atoms with Crippen molar-refractivity contribution in [2.75, 3.05) is 4.90 Å². The van der Waals surface area contributed by atoms with Crippen LogP contribution >= 0.6 is 0 Å². The van der Waals surface area contributed by atoms with Crippen LogP contribution < -0.4 is 4.90 Å². The van der Waals surface area contributed by atoms with Gasteiger partial charge in [0.25, 0.3) is 0 Å². The van der Waals surface area contributed by atoms with Crippen LogP contribution in [0.25, 0.3) is 43.8 Å². The van der Waals surface area contributed by atoms with Gasteiger partial charge in [-0.25, -0.2) is 0 Å². The molecule has 278 valence electrons. The molecule has 0 saturated heterocycles. The number of anilines is 3. The van der Waals surface area contributed by atoms with E-state index in [1.54, 1.807) is 0 Å². The van der Waals surface area contributed by atoms with Crippen LogP contribution in [0.5, 0.6) is 0 Å². The zero-order chi connectivity index (χ0) is 39.2. The third-order valence-corrected chi connectivity index (χ3v) is 13.3. The molecule has 9 aromatic carbocycles. The highest BCUT2D eigenvalue weighted by atomic mass is 15.1. The maximum Gasteiger partial charge on any atom is 0.0543 e. The van der Waals surface area contributed by atoms with Crippen molar-refractivity contribution in [1.82, 2.24) is 0 Å². The maximum atomic E-state index is 2.58. The van der Waals surface area contributed by atoms with E-state index < -0.39 is 0 Å². The predicted molar refractivity (Wildman–Crippen MR) is 245 cm³/mol. The second-order valence-corrected chi connectivity index (χ2v) is 17.3. The van der Waals surface area contributed by atoms with Gasteiger partial charge in [0.1, 0.15) is 0 Å². The third kappa shape index (κ3) is 5.02. The van der Waals surface area contributed by atoms with Crippen LogP contribution in [-0.4, -0.2) is 0 Å². The summed E-state index contributed by atoms with van der Waals surface area (Å²) in [6.07, 6.45) is 0. The van der Waals surface area contributed by atoms with Crippen LogP contribution in [0.2, 0.25) is 0 Å². The Morgan fingerprint density at radius 3 is 1.22 bits per heavy atom. The van der Waals surface area contributed by atoms with Gasteiger partial charge in [0.05, 0.1) is 5.69 Å². The van der Waals surface area contributed by atoms with Crippen LogP contribution in [0.4, 0.5) is 17.1 Å². The fourth-order valence-corrected chi connectivity index (χ4v) is 10.5. The summed E-state index contributed by atoms with van der Waals surface area (Å²) in [5.41, 5.74) is 18.2. The molecule has 1 nitrogen and oxygen atoms in total. The van der Waals surface area contributed by atoms with Crippen molar-refractivity contribution in [2.45, 2.75) is 44.4 Å². The Morgan fingerprint density at radius 1 is 0.362 bits per heavy atom. The van der Waals surface area contributed by atoms with Crippen molar-refractivity contribution in [3.8, 4) is 22.3 Å². The zero-order valence-electron chi connectivity index (χ0n) is 33.5. The quantitative estimate of drug-likeness (QED) is 0.153. The molecule has 2 aliphatic rings. The fourth-order valence-electron chi connectivity index (χ4n) is 10.5. The first-order valence-corrected chi connectivity index (χ1v) is 20.6. The Kier molecular flexibility index (Phi) is 7.69. The molecule has 0 spiro atoms. The number of hydrogen-bond donors (Lipinski definition) is 0. The van der Waals surface area contributed by atoms with Crippen LogP contribution in [0, 0.1) is 0 Å². The number of para-hydroxylation sites is 2. The lowest BCUT2D eigenvalue weighted by molar-refractivity contribution is 0.651. The van der Waals surface area contributed by atoms with Gasteiger partial charge in [0.15, 0.2) is 0 Å². The van der Waals surface area contributed by atoms with E-state index in [1.807, 2.05) is 0 Å². The van der Waals surface area contributed by atoms with E-state index >= 15 is 0 Å². The molecule has 9 aromatic rings. The average molecular weight is 744 g/mol. The molecule has 0 atom stereocenters. The van der Waals surface area contributed by atoms with E-state index in [2.05, 4.69) is 227 Å². The zero-order valence-corrected chi connectivity index (χ0v) is 33.5. The lowest BCUT2D eigenvalue weighted by Gasteiger charge is -2.29. The highest BCUT2D eigenvalue weighted by molar-refractivity contribution is 6.11. The van der Waals surface area contributed by atoms with Gasteiger partial charge in [-0.2, -0.15) is 0 Å². The molecule has 0 aliphatic heterocycles. The van der Waals surface area contributed by atoms with Crippen molar-refractivity contribution >= 4 is 38.6 Å². The number of rotatable bonds is 6. The molecule has 1 heteroatoms. The first kappa shape index (κ1) is 34.5. The van der Waals surface area contributed by atoms with E-state index in [0.29, 0.717) is 0 Å². The van der Waals surface area contributed by atoms with Crippen molar-refractivity contribution in [3.63, 3.8) is 0 Å². The summed E-state index contributed by atoms with van der Waals surface area (Å²) in [4.78, 5) is 2.43. The maximum absolute atomic E-state index is 2.58. The van der Waals surface area contributed by atoms with E-state index in [9.17, 15) is 0 Å². The van der Waals surface area contributed by atoms with Crippen LogP contribution in [-0.2, 0) is 10.8 Å². The predicted octanol–water partition coefficient (Wildman–Crippen LogP) is 15.3. The summed E-state index contributed by atoms with van der Waals surface area (Å²) in [5, 5.41) is 5.21. The van der Waals surface area contributed by atoms with Gasteiger partial charge in [-0.1, -0.05) is 179 Å². The molecule has 0 bridgehead atoms.